The third-order valence-electron chi connectivity index (χ3n) is 5.98. The highest BCUT2D eigenvalue weighted by Gasteiger charge is 2.40. The van der Waals surface area contributed by atoms with Crippen molar-refractivity contribution in [1.29, 1.82) is 0 Å². The Morgan fingerprint density at radius 1 is 1.11 bits per heavy atom. The summed E-state index contributed by atoms with van der Waals surface area (Å²) in [5.41, 5.74) is 3.07. The third kappa shape index (κ3) is 4.26. The number of aromatic nitrogens is 1. The topological polar surface area (TPSA) is 60.5 Å². The molecule has 1 aromatic heterocycles. The fourth-order valence-electron chi connectivity index (χ4n) is 4.30. The predicted molar refractivity (Wildman–Crippen MR) is 108 cm³/mol. The summed E-state index contributed by atoms with van der Waals surface area (Å²) in [4.78, 5) is 17.4. The van der Waals surface area contributed by atoms with Gasteiger partial charge in [-0.1, -0.05) is 24.3 Å². The molecule has 0 bridgehead atoms. The van der Waals surface area contributed by atoms with E-state index in [1.54, 1.807) is 0 Å². The van der Waals surface area contributed by atoms with Gasteiger partial charge in [-0.25, -0.2) is 0 Å². The van der Waals surface area contributed by atoms with Crippen LogP contribution in [0.3, 0.4) is 0 Å². The largest absolute Gasteiger partial charge is 0.381 e. The van der Waals surface area contributed by atoms with Crippen LogP contribution in [0.5, 0.6) is 0 Å². The van der Waals surface area contributed by atoms with Crippen LogP contribution in [-0.4, -0.2) is 43.4 Å². The van der Waals surface area contributed by atoms with Crippen molar-refractivity contribution in [2.45, 2.75) is 38.2 Å². The lowest BCUT2D eigenvalue weighted by Crippen LogP contribution is -2.48. The quantitative estimate of drug-likeness (QED) is 0.835. The molecule has 1 aromatic carbocycles. The van der Waals surface area contributed by atoms with Gasteiger partial charge in [-0.3, -0.25) is 9.78 Å². The second kappa shape index (κ2) is 8.84. The summed E-state index contributed by atoms with van der Waals surface area (Å²) in [6.07, 6.45) is 8.09. The van der Waals surface area contributed by atoms with Gasteiger partial charge >= 0.3 is 0 Å². The smallest absolute Gasteiger partial charge is 0.226 e. The van der Waals surface area contributed by atoms with E-state index in [0.717, 1.165) is 37.9 Å². The molecule has 1 unspecified atom stereocenters. The Bertz CT molecular complexity index is 781. The minimum absolute atomic E-state index is 0.135. The molecule has 148 valence electrons. The van der Waals surface area contributed by atoms with Gasteiger partial charge in [-0.2, -0.15) is 0 Å². The zero-order valence-electron chi connectivity index (χ0n) is 16.2. The number of amides is 1. The SMILES string of the molecule is O=C(NCC1CCCO1)C1(Cc2ccccc2-c2ccncc2)CCOCC1. The van der Waals surface area contributed by atoms with E-state index in [9.17, 15) is 4.79 Å². The lowest BCUT2D eigenvalue weighted by Gasteiger charge is -2.36. The van der Waals surface area contributed by atoms with E-state index in [4.69, 9.17) is 9.47 Å². The number of nitrogens with zero attached hydrogens (tertiary/aromatic N) is 1. The van der Waals surface area contributed by atoms with Gasteiger partial charge in [-0.05, 0) is 60.9 Å². The molecule has 0 radical (unpaired) electrons. The molecule has 1 atom stereocenters. The van der Waals surface area contributed by atoms with Crippen molar-refractivity contribution in [1.82, 2.24) is 10.3 Å². The first-order valence-electron chi connectivity index (χ1n) is 10.2. The molecule has 2 aliphatic rings. The molecule has 2 aliphatic heterocycles. The zero-order chi connectivity index (χ0) is 19.2. The number of ether oxygens (including phenoxy) is 2. The molecule has 2 aromatic rings. The number of benzene rings is 1. The van der Waals surface area contributed by atoms with Crippen molar-refractivity contribution >= 4 is 5.91 Å². The van der Waals surface area contributed by atoms with Gasteiger partial charge in [0.05, 0.1) is 11.5 Å². The summed E-state index contributed by atoms with van der Waals surface area (Å²) in [5, 5.41) is 3.19. The van der Waals surface area contributed by atoms with Crippen LogP contribution in [0.4, 0.5) is 0 Å². The summed E-state index contributed by atoms with van der Waals surface area (Å²) >= 11 is 0. The molecule has 0 saturated carbocycles. The molecular weight excluding hydrogens is 352 g/mol. The van der Waals surface area contributed by atoms with Crippen molar-refractivity contribution in [2.75, 3.05) is 26.4 Å². The van der Waals surface area contributed by atoms with E-state index in [1.807, 2.05) is 30.6 Å². The molecule has 1 N–H and O–H groups in total. The maximum Gasteiger partial charge on any atom is 0.226 e. The fourth-order valence-corrected chi connectivity index (χ4v) is 4.30. The van der Waals surface area contributed by atoms with E-state index in [-0.39, 0.29) is 12.0 Å². The van der Waals surface area contributed by atoms with Crippen LogP contribution in [0.15, 0.2) is 48.8 Å². The minimum atomic E-state index is -0.431. The molecule has 28 heavy (non-hydrogen) atoms. The molecule has 5 nitrogen and oxygen atoms in total. The predicted octanol–water partition coefficient (Wildman–Crippen LogP) is 3.38. The molecule has 2 fully saturated rings. The maximum atomic E-state index is 13.3. The number of carbonyl (C=O) groups is 1. The Labute approximate surface area is 166 Å². The van der Waals surface area contributed by atoms with Crippen molar-refractivity contribution in [3.05, 3.63) is 54.4 Å². The second-order valence-corrected chi connectivity index (χ2v) is 7.81. The average molecular weight is 380 g/mol. The van der Waals surface area contributed by atoms with Crippen LogP contribution in [0, 0.1) is 5.41 Å². The van der Waals surface area contributed by atoms with Gasteiger partial charge in [0.2, 0.25) is 5.91 Å². The van der Waals surface area contributed by atoms with Crippen molar-refractivity contribution in [3.63, 3.8) is 0 Å². The Hall–Kier alpha value is -2.24. The first-order chi connectivity index (χ1) is 13.8. The van der Waals surface area contributed by atoms with Crippen molar-refractivity contribution < 1.29 is 14.3 Å². The number of nitrogens with one attached hydrogen (secondary N) is 1. The monoisotopic (exact) mass is 380 g/mol. The van der Waals surface area contributed by atoms with E-state index < -0.39 is 5.41 Å². The number of pyridine rings is 1. The molecule has 0 spiro atoms. The van der Waals surface area contributed by atoms with Gasteiger partial charge in [0.25, 0.3) is 0 Å². The van der Waals surface area contributed by atoms with E-state index in [1.165, 1.54) is 11.1 Å². The summed E-state index contributed by atoms with van der Waals surface area (Å²) in [6.45, 7) is 2.67. The highest BCUT2D eigenvalue weighted by Crippen LogP contribution is 2.37. The average Bonchev–Trinajstić information content (AvgIpc) is 3.27. The summed E-state index contributed by atoms with van der Waals surface area (Å²) in [7, 11) is 0. The Morgan fingerprint density at radius 3 is 2.64 bits per heavy atom. The Balaban J connectivity index is 1.56. The van der Waals surface area contributed by atoms with Crippen molar-refractivity contribution in [3.8, 4) is 11.1 Å². The van der Waals surface area contributed by atoms with Crippen LogP contribution < -0.4 is 5.32 Å². The number of rotatable bonds is 6. The van der Waals surface area contributed by atoms with Crippen LogP contribution >= 0.6 is 0 Å². The van der Waals surface area contributed by atoms with Gasteiger partial charge in [0.15, 0.2) is 0 Å². The van der Waals surface area contributed by atoms with Gasteiger partial charge in [-0.15, -0.1) is 0 Å². The molecule has 2 saturated heterocycles. The normalized spacial score (nSPS) is 21.4. The van der Waals surface area contributed by atoms with Crippen LogP contribution in [0.25, 0.3) is 11.1 Å². The van der Waals surface area contributed by atoms with E-state index in [2.05, 4.69) is 28.5 Å². The lowest BCUT2D eigenvalue weighted by molar-refractivity contribution is -0.137. The first kappa shape index (κ1) is 19.1. The number of carbonyl (C=O) groups excluding carboxylic acids is 1. The van der Waals surface area contributed by atoms with Crippen LogP contribution in [0.1, 0.15) is 31.2 Å². The summed E-state index contributed by atoms with van der Waals surface area (Å²) in [6, 6.07) is 12.4. The van der Waals surface area contributed by atoms with Gasteiger partial charge in [0.1, 0.15) is 0 Å². The Kier molecular flexibility index (Phi) is 6.03. The molecule has 0 aliphatic carbocycles. The first-order valence-corrected chi connectivity index (χ1v) is 10.2. The van der Waals surface area contributed by atoms with E-state index in [0.29, 0.717) is 26.2 Å². The van der Waals surface area contributed by atoms with Gasteiger partial charge < -0.3 is 14.8 Å². The fraction of sp³-hybridized carbons (Fsp3) is 0.478. The highest BCUT2D eigenvalue weighted by atomic mass is 16.5. The lowest BCUT2D eigenvalue weighted by atomic mass is 9.73. The third-order valence-corrected chi connectivity index (χ3v) is 5.98. The van der Waals surface area contributed by atoms with Gasteiger partial charge in [0, 0.05) is 38.8 Å². The maximum absolute atomic E-state index is 13.3. The highest BCUT2D eigenvalue weighted by molar-refractivity contribution is 5.83. The van der Waals surface area contributed by atoms with E-state index >= 15 is 0 Å². The molecular formula is C23H28N2O3. The Morgan fingerprint density at radius 2 is 1.89 bits per heavy atom. The molecule has 5 heteroatoms. The van der Waals surface area contributed by atoms with Crippen LogP contribution in [0.2, 0.25) is 0 Å². The second-order valence-electron chi connectivity index (χ2n) is 7.81. The number of hydrogen-bond acceptors (Lipinski definition) is 4. The summed E-state index contributed by atoms with van der Waals surface area (Å²) in [5.74, 6) is 0.135. The molecule has 3 heterocycles. The zero-order valence-corrected chi connectivity index (χ0v) is 16.2. The minimum Gasteiger partial charge on any atom is -0.381 e. The molecule has 1 amide bonds. The summed E-state index contributed by atoms with van der Waals surface area (Å²) < 4.78 is 11.3. The number of hydrogen-bond donors (Lipinski definition) is 1. The van der Waals surface area contributed by atoms with Crippen LogP contribution in [-0.2, 0) is 20.7 Å². The van der Waals surface area contributed by atoms with Crippen molar-refractivity contribution in [2.24, 2.45) is 5.41 Å². The standard InChI is InChI=1S/C23H28N2O3/c26-22(25-17-20-5-3-13-28-20)23(9-14-27-15-10-23)16-19-4-1-2-6-21(19)18-7-11-24-12-8-18/h1-2,4,6-8,11-12,20H,3,5,9-10,13-17H2,(H,25,26). The molecule has 4 rings (SSSR count).